The van der Waals surface area contributed by atoms with E-state index in [1.165, 1.54) is 12.8 Å². The van der Waals surface area contributed by atoms with Gasteiger partial charge in [0.2, 0.25) is 5.91 Å². The van der Waals surface area contributed by atoms with E-state index >= 15 is 0 Å². The molecule has 2 saturated carbocycles. The number of hydrogen-bond donors (Lipinski definition) is 0. The molecule has 2 aliphatic carbocycles. The SMILES string of the molecule is COC12CCC(OCC3CC3)CC1N(C(=O)Cn1nnnc1C)CC2. The molecule has 3 fully saturated rings. The summed E-state index contributed by atoms with van der Waals surface area (Å²) in [5, 5.41) is 11.4. The van der Waals surface area contributed by atoms with Gasteiger partial charge in [0.05, 0.1) is 17.7 Å². The van der Waals surface area contributed by atoms with Gasteiger partial charge in [-0.1, -0.05) is 0 Å². The van der Waals surface area contributed by atoms with Crippen LogP contribution in [0.25, 0.3) is 0 Å². The Hall–Kier alpha value is -1.54. The third-order valence-corrected chi connectivity index (χ3v) is 6.12. The molecule has 8 nitrogen and oxygen atoms in total. The van der Waals surface area contributed by atoms with Crippen LogP contribution in [0.1, 0.15) is 44.3 Å². The van der Waals surface area contributed by atoms with Crippen LogP contribution in [-0.4, -0.2) is 69.0 Å². The molecule has 8 heteroatoms. The maximum atomic E-state index is 12.9. The minimum Gasteiger partial charge on any atom is -0.378 e. The Morgan fingerprint density at radius 3 is 2.84 bits per heavy atom. The van der Waals surface area contributed by atoms with E-state index in [1.807, 2.05) is 4.90 Å². The van der Waals surface area contributed by atoms with Gasteiger partial charge in [0.15, 0.2) is 0 Å². The van der Waals surface area contributed by atoms with E-state index in [0.717, 1.165) is 44.8 Å². The lowest BCUT2D eigenvalue weighted by Crippen LogP contribution is -2.53. The van der Waals surface area contributed by atoms with Crippen LogP contribution in [0.5, 0.6) is 0 Å². The second-order valence-electron chi connectivity index (χ2n) is 7.68. The molecule has 0 spiro atoms. The van der Waals surface area contributed by atoms with Crippen LogP contribution < -0.4 is 0 Å². The maximum Gasteiger partial charge on any atom is 0.244 e. The number of carbonyl (C=O) groups excluding carboxylic acids is 1. The zero-order valence-electron chi connectivity index (χ0n) is 15.1. The number of tetrazole rings is 1. The van der Waals surface area contributed by atoms with Crippen LogP contribution >= 0.6 is 0 Å². The number of likely N-dealkylation sites (tertiary alicyclic amines) is 1. The number of nitrogens with zero attached hydrogens (tertiary/aromatic N) is 5. The van der Waals surface area contributed by atoms with E-state index in [1.54, 1.807) is 18.7 Å². The van der Waals surface area contributed by atoms with Gasteiger partial charge in [-0.3, -0.25) is 4.79 Å². The van der Waals surface area contributed by atoms with Crippen molar-refractivity contribution in [3.05, 3.63) is 5.82 Å². The summed E-state index contributed by atoms with van der Waals surface area (Å²) in [6, 6.07) is 0.0831. The first-order chi connectivity index (χ1) is 12.1. The number of hydrogen-bond acceptors (Lipinski definition) is 6. The monoisotopic (exact) mass is 349 g/mol. The molecule has 2 heterocycles. The highest BCUT2D eigenvalue weighted by molar-refractivity contribution is 5.77. The van der Waals surface area contributed by atoms with Crippen molar-refractivity contribution >= 4 is 5.91 Å². The zero-order chi connectivity index (χ0) is 17.4. The minimum absolute atomic E-state index is 0.0576. The molecular formula is C17H27N5O3. The fourth-order valence-electron chi connectivity index (χ4n) is 4.28. The van der Waals surface area contributed by atoms with Gasteiger partial charge in [-0.25, -0.2) is 4.68 Å². The maximum absolute atomic E-state index is 12.9. The van der Waals surface area contributed by atoms with Crippen LogP contribution in [0.15, 0.2) is 0 Å². The predicted octanol–water partition coefficient (Wildman–Crippen LogP) is 0.947. The lowest BCUT2D eigenvalue weighted by Gasteiger charge is -2.43. The van der Waals surface area contributed by atoms with Gasteiger partial charge >= 0.3 is 0 Å². The lowest BCUT2D eigenvalue weighted by molar-refractivity contribution is -0.142. The third kappa shape index (κ3) is 3.29. The van der Waals surface area contributed by atoms with Crippen molar-refractivity contribution in [2.24, 2.45) is 5.92 Å². The molecule has 138 valence electrons. The van der Waals surface area contributed by atoms with Crippen molar-refractivity contribution < 1.29 is 14.3 Å². The smallest absolute Gasteiger partial charge is 0.244 e. The minimum atomic E-state index is -0.217. The summed E-state index contributed by atoms with van der Waals surface area (Å²) < 4.78 is 13.6. The van der Waals surface area contributed by atoms with Crippen LogP contribution in [0, 0.1) is 12.8 Å². The summed E-state index contributed by atoms with van der Waals surface area (Å²) in [5.41, 5.74) is -0.217. The van der Waals surface area contributed by atoms with Gasteiger partial charge in [0, 0.05) is 20.3 Å². The number of aryl methyl sites for hydroxylation is 1. The van der Waals surface area contributed by atoms with Crippen molar-refractivity contribution in [3.8, 4) is 0 Å². The highest BCUT2D eigenvalue weighted by Gasteiger charge is 2.52. The van der Waals surface area contributed by atoms with E-state index in [-0.39, 0.29) is 30.2 Å². The van der Waals surface area contributed by atoms with Gasteiger partial charge in [0.25, 0.3) is 0 Å². The molecule has 3 unspecified atom stereocenters. The van der Waals surface area contributed by atoms with E-state index in [9.17, 15) is 4.79 Å². The molecule has 1 aromatic heterocycles. The lowest BCUT2D eigenvalue weighted by atomic mass is 9.79. The summed E-state index contributed by atoms with van der Waals surface area (Å²) in [6.45, 7) is 3.59. The fourth-order valence-corrected chi connectivity index (χ4v) is 4.28. The van der Waals surface area contributed by atoms with Crippen molar-refractivity contribution in [1.82, 2.24) is 25.1 Å². The number of aromatic nitrogens is 4. The molecule has 4 rings (SSSR count). The van der Waals surface area contributed by atoms with Crippen LogP contribution in [-0.2, 0) is 20.8 Å². The Labute approximate surface area is 147 Å². The first-order valence-electron chi connectivity index (χ1n) is 9.30. The second-order valence-corrected chi connectivity index (χ2v) is 7.68. The normalized spacial score (nSPS) is 32.0. The van der Waals surface area contributed by atoms with Crippen LogP contribution in [0.3, 0.4) is 0 Å². The van der Waals surface area contributed by atoms with Gasteiger partial charge in [-0.05, 0) is 61.8 Å². The summed E-state index contributed by atoms with van der Waals surface area (Å²) in [7, 11) is 1.78. The Morgan fingerprint density at radius 1 is 1.32 bits per heavy atom. The van der Waals surface area contributed by atoms with E-state index in [0.29, 0.717) is 5.82 Å². The molecule has 0 aromatic carbocycles. The Morgan fingerprint density at radius 2 is 2.16 bits per heavy atom. The molecule has 1 aliphatic heterocycles. The largest absolute Gasteiger partial charge is 0.378 e. The quantitative estimate of drug-likeness (QED) is 0.760. The molecule has 3 atom stereocenters. The Balaban J connectivity index is 1.44. The fraction of sp³-hybridized carbons (Fsp3) is 0.882. The highest BCUT2D eigenvalue weighted by atomic mass is 16.5. The van der Waals surface area contributed by atoms with E-state index < -0.39 is 0 Å². The van der Waals surface area contributed by atoms with E-state index in [4.69, 9.17) is 9.47 Å². The van der Waals surface area contributed by atoms with E-state index in [2.05, 4.69) is 15.5 Å². The summed E-state index contributed by atoms with van der Waals surface area (Å²) in [5.74, 6) is 1.47. The number of carbonyl (C=O) groups is 1. The molecule has 1 amide bonds. The topological polar surface area (TPSA) is 82.4 Å². The zero-order valence-corrected chi connectivity index (χ0v) is 15.1. The number of methoxy groups -OCH3 is 1. The number of fused-ring (bicyclic) bond motifs is 1. The molecule has 3 aliphatic rings. The number of ether oxygens (including phenoxy) is 2. The molecule has 1 aromatic rings. The van der Waals surface area contributed by atoms with Gasteiger partial charge in [-0.2, -0.15) is 0 Å². The average Bonchev–Trinajstić information content (AvgIpc) is 3.25. The number of rotatable bonds is 6. The highest BCUT2D eigenvalue weighted by Crippen LogP contribution is 2.43. The Kier molecular flexibility index (Phi) is 4.49. The first-order valence-corrected chi connectivity index (χ1v) is 9.30. The molecule has 0 N–H and O–H groups in total. The number of amides is 1. The molecule has 0 bridgehead atoms. The molecule has 25 heavy (non-hydrogen) atoms. The summed E-state index contributed by atoms with van der Waals surface area (Å²) in [6.07, 6.45) is 6.56. The van der Waals surface area contributed by atoms with Gasteiger partial charge in [-0.15, -0.1) is 5.10 Å². The van der Waals surface area contributed by atoms with Crippen molar-refractivity contribution in [1.29, 1.82) is 0 Å². The van der Waals surface area contributed by atoms with Crippen molar-refractivity contribution in [3.63, 3.8) is 0 Å². The molecule has 1 saturated heterocycles. The molecule has 0 radical (unpaired) electrons. The van der Waals surface area contributed by atoms with Gasteiger partial charge < -0.3 is 14.4 Å². The second kappa shape index (κ2) is 6.64. The molecular weight excluding hydrogens is 322 g/mol. The summed E-state index contributed by atoms with van der Waals surface area (Å²) in [4.78, 5) is 14.8. The standard InChI is InChI=1S/C17H27N5O3/c1-12-18-19-20-22(12)10-16(23)21-8-7-17(24-2)6-5-14(9-15(17)21)25-11-13-3-4-13/h13-15H,3-11H2,1-2H3. The van der Waals surface area contributed by atoms with Crippen LogP contribution in [0.2, 0.25) is 0 Å². The predicted molar refractivity (Wildman–Crippen MR) is 88.7 cm³/mol. The average molecular weight is 349 g/mol. The van der Waals surface area contributed by atoms with Crippen LogP contribution in [0.4, 0.5) is 0 Å². The third-order valence-electron chi connectivity index (χ3n) is 6.12. The van der Waals surface area contributed by atoms with Gasteiger partial charge in [0.1, 0.15) is 12.4 Å². The van der Waals surface area contributed by atoms with Crippen molar-refractivity contribution in [2.75, 3.05) is 20.3 Å². The first kappa shape index (κ1) is 16.9. The van der Waals surface area contributed by atoms with Crippen molar-refractivity contribution in [2.45, 2.75) is 69.7 Å². The Bertz CT molecular complexity index is 632. The summed E-state index contributed by atoms with van der Waals surface area (Å²) >= 11 is 0.